The topological polar surface area (TPSA) is 69.9 Å². The summed E-state index contributed by atoms with van der Waals surface area (Å²) in [7, 11) is 0. The quantitative estimate of drug-likeness (QED) is 0.550. The number of oxazole rings is 1. The number of aromatic nitrogens is 4. The molecule has 0 saturated heterocycles. The maximum atomic E-state index is 5.62. The van der Waals surface area contributed by atoms with Crippen LogP contribution in [0.25, 0.3) is 23.0 Å². The maximum Gasteiger partial charge on any atom is 0.226 e. The van der Waals surface area contributed by atoms with Crippen LogP contribution < -0.4 is 0 Å². The molecule has 0 N–H and O–H groups in total. The fraction of sp³-hybridized carbons (Fsp3) is 0.211. The van der Waals surface area contributed by atoms with Crippen LogP contribution in [0.1, 0.15) is 30.2 Å². The second-order valence-corrected chi connectivity index (χ2v) is 6.28. The Bertz CT molecular complexity index is 995. The van der Waals surface area contributed by atoms with Crippen molar-refractivity contribution in [1.82, 2.24) is 19.7 Å². The molecule has 6 nitrogen and oxygen atoms in total. The minimum absolute atomic E-state index is 0.562. The highest BCUT2D eigenvalue weighted by molar-refractivity contribution is 5.58. The van der Waals surface area contributed by atoms with Crippen LogP contribution in [0.3, 0.4) is 0 Å². The van der Waals surface area contributed by atoms with Gasteiger partial charge >= 0.3 is 0 Å². The molecular formula is C19H16N4O2. The third kappa shape index (κ3) is 2.76. The van der Waals surface area contributed by atoms with Gasteiger partial charge in [0.25, 0.3) is 0 Å². The van der Waals surface area contributed by atoms with Crippen LogP contribution in [0.15, 0.2) is 64.0 Å². The van der Waals surface area contributed by atoms with Gasteiger partial charge in [0.05, 0.1) is 6.54 Å². The van der Waals surface area contributed by atoms with Crippen molar-refractivity contribution in [3.8, 4) is 23.0 Å². The first-order valence-corrected chi connectivity index (χ1v) is 8.35. The molecule has 0 aliphatic heterocycles. The molecule has 0 amide bonds. The molecule has 124 valence electrons. The van der Waals surface area contributed by atoms with Crippen LogP contribution in [0.2, 0.25) is 0 Å². The lowest BCUT2D eigenvalue weighted by Crippen LogP contribution is -2.01. The summed E-state index contributed by atoms with van der Waals surface area (Å²) in [5, 5.41) is 4.17. The molecule has 1 fully saturated rings. The normalized spacial score (nSPS) is 14.1. The predicted molar refractivity (Wildman–Crippen MR) is 90.7 cm³/mol. The van der Waals surface area contributed by atoms with E-state index in [4.69, 9.17) is 8.94 Å². The summed E-state index contributed by atoms with van der Waals surface area (Å²) in [6.07, 6.45) is 7.71. The Kier molecular flexibility index (Phi) is 3.26. The third-order valence-electron chi connectivity index (χ3n) is 4.36. The van der Waals surface area contributed by atoms with Crippen molar-refractivity contribution >= 4 is 0 Å². The predicted octanol–water partition coefficient (Wildman–Crippen LogP) is 4.12. The van der Waals surface area contributed by atoms with Crippen molar-refractivity contribution in [2.24, 2.45) is 0 Å². The molecule has 1 aromatic carbocycles. The van der Waals surface area contributed by atoms with Crippen LogP contribution in [0.4, 0.5) is 0 Å². The Balaban J connectivity index is 1.41. The minimum atomic E-state index is 0.562. The lowest BCUT2D eigenvalue weighted by molar-refractivity contribution is 0.377. The molecule has 1 saturated carbocycles. The Morgan fingerprint density at radius 3 is 2.88 bits per heavy atom. The molecule has 1 aliphatic rings. The largest absolute Gasteiger partial charge is 0.444 e. The molecule has 0 atom stereocenters. The van der Waals surface area contributed by atoms with Gasteiger partial charge in [0.2, 0.25) is 5.89 Å². The molecule has 6 heteroatoms. The van der Waals surface area contributed by atoms with E-state index in [1.54, 1.807) is 12.5 Å². The zero-order chi connectivity index (χ0) is 16.6. The van der Waals surface area contributed by atoms with Gasteiger partial charge in [0.15, 0.2) is 5.82 Å². The van der Waals surface area contributed by atoms with Crippen LogP contribution in [-0.2, 0) is 6.54 Å². The first kappa shape index (κ1) is 14.2. The fourth-order valence-corrected chi connectivity index (χ4v) is 2.90. The standard InChI is InChI=1S/C19H16N4O2/c1-2-4-14(5-3-1)19-21-16(12-24-19)18-20-8-9-23(18)11-15-10-17(25-22-15)13-6-7-13/h1-5,8-10,12-13H,6-7,11H2. The van der Waals surface area contributed by atoms with Gasteiger partial charge in [-0.3, -0.25) is 0 Å². The monoisotopic (exact) mass is 332 g/mol. The maximum absolute atomic E-state index is 5.62. The van der Waals surface area contributed by atoms with Gasteiger partial charge in [-0.1, -0.05) is 23.4 Å². The first-order valence-electron chi connectivity index (χ1n) is 8.35. The zero-order valence-electron chi connectivity index (χ0n) is 13.5. The second kappa shape index (κ2) is 5.73. The van der Waals surface area contributed by atoms with Crippen LogP contribution in [-0.4, -0.2) is 19.7 Å². The number of hydrogen-bond acceptors (Lipinski definition) is 5. The van der Waals surface area contributed by atoms with Crippen molar-refractivity contribution in [3.05, 3.63) is 66.5 Å². The Morgan fingerprint density at radius 2 is 2.04 bits per heavy atom. The number of hydrogen-bond donors (Lipinski definition) is 0. The molecule has 25 heavy (non-hydrogen) atoms. The van der Waals surface area contributed by atoms with E-state index in [0.717, 1.165) is 22.8 Å². The molecule has 0 radical (unpaired) electrons. The third-order valence-corrected chi connectivity index (χ3v) is 4.36. The number of benzene rings is 1. The Labute approximate surface area is 144 Å². The minimum Gasteiger partial charge on any atom is -0.444 e. The van der Waals surface area contributed by atoms with Crippen LogP contribution in [0, 0.1) is 0 Å². The SMILES string of the molecule is c1ccc(-c2nc(-c3nccn3Cc3cc(C4CC4)on3)co2)cc1. The molecule has 0 bridgehead atoms. The average Bonchev–Trinajstić information content (AvgIpc) is 3.04. The lowest BCUT2D eigenvalue weighted by atomic mass is 10.2. The van der Waals surface area contributed by atoms with E-state index in [1.165, 1.54) is 12.8 Å². The van der Waals surface area contributed by atoms with E-state index in [2.05, 4.69) is 15.1 Å². The summed E-state index contributed by atoms with van der Waals surface area (Å²) in [6, 6.07) is 11.9. The molecular weight excluding hydrogens is 316 g/mol. The number of rotatable bonds is 5. The van der Waals surface area contributed by atoms with E-state index in [0.29, 0.717) is 24.0 Å². The van der Waals surface area contributed by atoms with E-state index in [-0.39, 0.29) is 0 Å². The molecule has 3 heterocycles. The number of imidazole rings is 1. The summed E-state index contributed by atoms with van der Waals surface area (Å²) in [5.41, 5.74) is 2.54. The highest BCUT2D eigenvalue weighted by atomic mass is 16.5. The molecule has 5 rings (SSSR count). The van der Waals surface area contributed by atoms with Gasteiger partial charge in [-0.15, -0.1) is 0 Å². The van der Waals surface area contributed by atoms with Crippen molar-refractivity contribution in [3.63, 3.8) is 0 Å². The highest BCUT2D eigenvalue weighted by Gasteiger charge is 2.28. The molecule has 3 aromatic heterocycles. The Morgan fingerprint density at radius 1 is 1.16 bits per heavy atom. The summed E-state index contributed by atoms with van der Waals surface area (Å²) < 4.78 is 13.1. The van der Waals surface area contributed by atoms with Crippen LogP contribution in [0.5, 0.6) is 0 Å². The summed E-state index contributed by atoms with van der Waals surface area (Å²) >= 11 is 0. The smallest absolute Gasteiger partial charge is 0.226 e. The van der Waals surface area contributed by atoms with E-state index in [1.807, 2.05) is 47.2 Å². The molecule has 0 unspecified atom stereocenters. The summed E-state index contributed by atoms with van der Waals surface area (Å²) in [5.74, 6) is 2.89. The molecule has 1 aliphatic carbocycles. The highest BCUT2D eigenvalue weighted by Crippen LogP contribution is 2.40. The van der Waals surface area contributed by atoms with Gasteiger partial charge < -0.3 is 13.5 Å². The van der Waals surface area contributed by atoms with Gasteiger partial charge in [0, 0.05) is 29.9 Å². The van der Waals surface area contributed by atoms with Gasteiger partial charge in [-0.25, -0.2) is 9.97 Å². The van der Waals surface area contributed by atoms with E-state index >= 15 is 0 Å². The van der Waals surface area contributed by atoms with Crippen molar-refractivity contribution < 1.29 is 8.94 Å². The lowest BCUT2D eigenvalue weighted by Gasteiger charge is -2.02. The Hall–Kier alpha value is -3.15. The number of nitrogens with zero attached hydrogens (tertiary/aromatic N) is 4. The first-order chi connectivity index (χ1) is 12.4. The molecule has 0 spiro atoms. The average molecular weight is 332 g/mol. The van der Waals surface area contributed by atoms with Crippen molar-refractivity contribution in [2.75, 3.05) is 0 Å². The van der Waals surface area contributed by atoms with Gasteiger partial charge in [-0.05, 0) is 25.0 Å². The zero-order valence-corrected chi connectivity index (χ0v) is 13.5. The molecule has 4 aromatic rings. The summed E-state index contributed by atoms with van der Waals surface area (Å²) in [4.78, 5) is 9.00. The second-order valence-electron chi connectivity index (χ2n) is 6.28. The van der Waals surface area contributed by atoms with Crippen molar-refractivity contribution in [1.29, 1.82) is 0 Å². The fourth-order valence-electron chi connectivity index (χ4n) is 2.90. The van der Waals surface area contributed by atoms with Crippen LogP contribution >= 0.6 is 0 Å². The summed E-state index contributed by atoms with van der Waals surface area (Å²) in [6.45, 7) is 0.596. The van der Waals surface area contributed by atoms with Gasteiger partial charge in [0.1, 0.15) is 23.4 Å². The van der Waals surface area contributed by atoms with Gasteiger partial charge in [-0.2, -0.15) is 0 Å². The van der Waals surface area contributed by atoms with E-state index < -0.39 is 0 Å². The van der Waals surface area contributed by atoms with Crippen molar-refractivity contribution in [2.45, 2.75) is 25.3 Å². The van der Waals surface area contributed by atoms with E-state index in [9.17, 15) is 0 Å².